The van der Waals surface area contributed by atoms with Crippen LogP contribution in [-0.4, -0.2) is 62.8 Å². The minimum atomic E-state index is 0.649. The third-order valence-electron chi connectivity index (χ3n) is 2.58. The number of rotatable bonds is 8. The fourth-order valence-electron chi connectivity index (χ4n) is 1.44. The Balaban J connectivity index is 3.57. The van der Waals surface area contributed by atoms with Crippen LogP contribution in [0, 0.1) is 0 Å². The highest BCUT2D eigenvalue weighted by Gasteiger charge is 2.07. The first-order valence-electron chi connectivity index (χ1n) is 5.53. The molecule has 0 radical (unpaired) electrons. The van der Waals surface area contributed by atoms with E-state index in [0.717, 1.165) is 32.8 Å². The van der Waals surface area contributed by atoms with E-state index >= 15 is 0 Å². The van der Waals surface area contributed by atoms with Crippen LogP contribution in [0.25, 0.3) is 0 Å². The van der Waals surface area contributed by atoms with Gasteiger partial charge in [-0.3, -0.25) is 4.90 Å². The van der Waals surface area contributed by atoms with Gasteiger partial charge in [-0.2, -0.15) is 0 Å². The van der Waals surface area contributed by atoms with Gasteiger partial charge < -0.3 is 9.64 Å². The van der Waals surface area contributed by atoms with Gasteiger partial charge in [-0.15, -0.1) is 0 Å². The molecular formula is C11H26N2O. The third-order valence-corrected chi connectivity index (χ3v) is 2.58. The van der Waals surface area contributed by atoms with Gasteiger partial charge >= 0.3 is 0 Å². The maximum Gasteiger partial charge on any atom is 0.0589 e. The van der Waals surface area contributed by atoms with E-state index < -0.39 is 0 Å². The highest BCUT2D eigenvalue weighted by atomic mass is 16.5. The Hall–Kier alpha value is -0.120. The average Bonchev–Trinajstić information content (AvgIpc) is 2.15. The van der Waals surface area contributed by atoms with E-state index in [1.165, 1.54) is 0 Å². The van der Waals surface area contributed by atoms with E-state index in [-0.39, 0.29) is 0 Å². The van der Waals surface area contributed by atoms with Crippen molar-refractivity contribution in [3.05, 3.63) is 0 Å². The Morgan fingerprint density at radius 2 is 1.79 bits per heavy atom. The summed E-state index contributed by atoms with van der Waals surface area (Å²) < 4.78 is 5.04. The molecule has 3 nitrogen and oxygen atoms in total. The molecule has 0 atom stereocenters. The molecule has 86 valence electrons. The van der Waals surface area contributed by atoms with Crippen molar-refractivity contribution < 1.29 is 4.74 Å². The molecule has 0 rings (SSSR count). The number of methoxy groups -OCH3 is 1. The van der Waals surface area contributed by atoms with Crippen LogP contribution in [0.2, 0.25) is 0 Å². The van der Waals surface area contributed by atoms with Gasteiger partial charge in [-0.25, -0.2) is 0 Å². The summed E-state index contributed by atoms with van der Waals surface area (Å²) in [5.74, 6) is 0. The van der Waals surface area contributed by atoms with E-state index in [1.807, 2.05) is 0 Å². The van der Waals surface area contributed by atoms with Crippen LogP contribution in [-0.2, 0) is 4.74 Å². The molecule has 0 aliphatic carbocycles. The molecule has 0 fully saturated rings. The molecule has 0 aliphatic heterocycles. The number of hydrogen-bond acceptors (Lipinski definition) is 3. The Bertz CT molecular complexity index is 128. The molecule has 0 aromatic heterocycles. The largest absolute Gasteiger partial charge is 0.383 e. The standard InChI is InChI=1S/C11H26N2O/c1-6-13(11(2)3)8-7-12(4)9-10-14-5/h11H,6-10H2,1-5H3. The Morgan fingerprint density at radius 1 is 1.14 bits per heavy atom. The predicted molar refractivity (Wildman–Crippen MR) is 61.8 cm³/mol. The number of likely N-dealkylation sites (N-methyl/N-ethyl adjacent to an activating group) is 2. The fourth-order valence-corrected chi connectivity index (χ4v) is 1.44. The molecule has 3 heteroatoms. The summed E-state index contributed by atoms with van der Waals surface area (Å²) >= 11 is 0. The molecule has 0 spiro atoms. The molecule has 0 aromatic carbocycles. The van der Waals surface area contributed by atoms with E-state index in [9.17, 15) is 0 Å². The molecule has 0 saturated heterocycles. The monoisotopic (exact) mass is 202 g/mol. The molecule has 0 unspecified atom stereocenters. The third kappa shape index (κ3) is 6.35. The summed E-state index contributed by atoms with van der Waals surface area (Å²) in [6.45, 7) is 12.0. The van der Waals surface area contributed by atoms with E-state index in [4.69, 9.17) is 4.74 Å². The zero-order valence-electron chi connectivity index (χ0n) is 10.4. The van der Waals surface area contributed by atoms with Crippen LogP contribution in [0.5, 0.6) is 0 Å². The summed E-state index contributed by atoms with van der Waals surface area (Å²) in [6, 6.07) is 0.649. The van der Waals surface area contributed by atoms with Gasteiger partial charge in [0.2, 0.25) is 0 Å². The maximum absolute atomic E-state index is 5.04. The van der Waals surface area contributed by atoms with Gasteiger partial charge in [0, 0.05) is 32.8 Å². The summed E-state index contributed by atoms with van der Waals surface area (Å²) in [6.07, 6.45) is 0. The summed E-state index contributed by atoms with van der Waals surface area (Å²) in [4.78, 5) is 4.79. The highest BCUT2D eigenvalue weighted by molar-refractivity contribution is 4.63. The van der Waals surface area contributed by atoms with Crippen LogP contribution < -0.4 is 0 Å². The van der Waals surface area contributed by atoms with Crippen LogP contribution in [0.15, 0.2) is 0 Å². The number of ether oxygens (including phenoxy) is 1. The highest BCUT2D eigenvalue weighted by Crippen LogP contribution is 1.97. The molecule has 0 aliphatic rings. The van der Waals surface area contributed by atoms with Crippen molar-refractivity contribution in [2.24, 2.45) is 0 Å². The molecule has 0 saturated carbocycles. The number of nitrogens with zero attached hydrogens (tertiary/aromatic N) is 2. The minimum Gasteiger partial charge on any atom is -0.383 e. The van der Waals surface area contributed by atoms with Gasteiger partial charge in [0.15, 0.2) is 0 Å². The van der Waals surface area contributed by atoms with Crippen LogP contribution in [0.1, 0.15) is 20.8 Å². The molecular weight excluding hydrogens is 176 g/mol. The van der Waals surface area contributed by atoms with Gasteiger partial charge in [0.05, 0.1) is 6.61 Å². The molecule has 14 heavy (non-hydrogen) atoms. The second kappa shape index (κ2) is 8.21. The van der Waals surface area contributed by atoms with E-state index in [1.54, 1.807) is 7.11 Å². The lowest BCUT2D eigenvalue weighted by Gasteiger charge is -2.27. The predicted octanol–water partition coefficient (Wildman–Crippen LogP) is 1.29. The van der Waals surface area contributed by atoms with Crippen molar-refractivity contribution in [1.82, 2.24) is 9.80 Å². The lowest BCUT2D eigenvalue weighted by atomic mass is 10.3. The first-order chi connectivity index (χ1) is 6.61. The molecule has 0 heterocycles. The van der Waals surface area contributed by atoms with Crippen molar-refractivity contribution in [2.45, 2.75) is 26.8 Å². The Morgan fingerprint density at radius 3 is 2.21 bits per heavy atom. The number of hydrogen-bond donors (Lipinski definition) is 0. The summed E-state index contributed by atoms with van der Waals surface area (Å²) in [5, 5.41) is 0. The minimum absolute atomic E-state index is 0.649. The zero-order chi connectivity index (χ0) is 11.0. The van der Waals surface area contributed by atoms with Crippen molar-refractivity contribution in [2.75, 3.05) is 46.9 Å². The molecule has 0 N–H and O–H groups in total. The Kier molecular flexibility index (Phi) is 8.14. The zero-order valence-corrected chi connectivity index (χ0v) is 10.4. The maximum atomic E-state index is 5.04. The molecule has 0 aromatic rings. The SMILES string of the molecule is CCN(CCN(C)CCOC)C(C)C. The topological polar surface area (TPSA) is 15.7 Å². The van der Waals surface area contributed by atoms with Crippen molar-refractivity contribution in [1.29, 1.82) is 0 Å². The van der Waals surface area contributed by atoms with Crippen LogP contribution >= 0.6 is 0 Å². The first-order valence-corrected chi connectivity index (χ1v) is 5.53. The van der Waals surface area contributed by atoms with Gasteiger partial charge in [0.25, 0.3) is 0 Å². The van der Waals surface area contributed by atoms with Gasteiger partial charge in [-0.1, -0.05) is 6.92 Å². The first kappa shape index (κ1) is 13.9. The van der Waals surface area contributed by atoms with Gasteiger partial charge in [-0.05, 0) is 27.4 Å². The normalized spacial score (nSPS) is 12.0. The lowest BCUT2D eigenvalue weighted by Crippen LogP contribution is -2.38. The van der Waals surface area contributed by atoms with Crippen molar-refractivity contribution >= 4 is 0 Å². The van der Waals surface area contributed by atoms with Crippen molar-refractivity contribution in [3.8, 4) is 0 Å². The second-order valence-corrected chi connectivity index (χ2v) is 4.02. The van der Waals surface area contributed by atoms with Crippen molar-refractivity contribution in [3.63, 3.8) is 0 Å². The van der Waals surface area contributed by atoms with Gasteiger partial charge in [0.1, 0.15) is 0 Å². The quantitative estimate of drug-likeness (QED) is 0.590. The van der Waals surface area contributed by atoms with Crippen LogP contribution in [0.3, 0.4) is 0 Å². The fraction of sp³-hybridized carbons (Fsp3) is 1.00. The Labute approximate surface area is 89.0 Å². The van der Waals surface area contributed by atoms with Crippen LogP contribution in [0.4, 0.5) is 0 Å². The average molecular weight is 202 g/mol. The molecule has 0 bridgehead atoms. The molecule has 0 amide bonds. The van der Waals surface area contributed by atoms with E-state index in [2.05, 4.69) is 37.6 Å². The summed E-state index contributed by atoms with van der Waals surface area (Å²) in [5.41, 5.74) is 0. The summed E-state index contributed by atoms with van der Waals surface area (Å²) in [7, 11) is 3.90. The second-order valence-electron chi connectivity index (χ2n) is 4.02. The van der Waals surface area contributed by atoms with E-state index in [0.29, 0.717) is 6.04 Å². The smallest absolute Gasteiger partial charge is 0.0589 e. The lowest BCUT2D eigenvalue weighted by molar-refractivity contribution is 0.145.